The molecule has 0 aliphatic rings. The van der Waals surface area contributed by atoms with Gasteiger partial charge in [-0.25, -0.2) is 4.98 Å². The molecule has 0 saturated carbocycles. The summed E-state index contributed by atoms with van der Waals surface area (Å²) in [6.45, 7) is 0. The van der Waals surface area contributed by atoms with Gasteiger partial charge in [0.15, 0.2) is 4.73 Å². The van der Waals surface area contributed by atoms with Crippen LogP contribution in [-0.4, -0.2) is 9.55 Å². The zero-order chi connectivity index (χ0) is 11.8. The summed E-state index contributed by atoms with van der Waals surface area (Å²) < 4.78 is 39.4. The first-order valence-electron chi connectivity index (χ1n) is 4.35. The second-order valence-corrected chi connectivity index (χ2v) is 3.82. The predicted octanol–water partition coefficient (Wildman–Crippen LogP) is 3.65. The van der Waals surface area contributed by atoms with E-state index in [0.717, 1.165) is 12.1 Å². The first kappa shape index (κ1) is 11.2. The number of nitrogens with zero attached hydrogens (tertiary/aromatic N) is 2. The summed E-state index contributed by atoms with van der Waals surface area (Å²) in [6, 6.07) is 5.06. The van der Waals surface area contributed by atoms with Crippen LogP contribution in [0.5, 0.6) is 0 Å². The van der Waals surface area contributed by atoms with Crippen LogP contribution in [-0.2, 0) is 6.18 Å². The van der Waals surface area contributed by atoms with E-state index in [1.54, 1.807) is 12.3 Å². The molecule has 2 rings (SSSR count). The number of benzene rings is 1. The molecule has 0 aliphatic carbocycles. The number of hydrogen-bond donors (Lipinski definition) is 0. The SMILES string of the molecule is FC(F)(F)c1cccc(-n2ccnc2Br)c1. The van der Waals surface area contributed by atoms with Gasteiger partial charge in [0.1, 0.15) is 0 Å². The molecule has 1 aromatic carbocycles. The summed E-state index contributed by atoms with van der Waals surface area (Å²) in [5.41, 5.74) is -0.259. The molecule has 2 aromatic rings. The number of rotatable bonds is 1. The van der Waals surface area contributed by atoms with Crippen molar-refractivity contribution in [1.29, 1.82) is 0 Å². The van der Waals surface area contributed by atoms with Gasteiger partial charge in [0, 0.05) is 18.1 Å². The molecule has 16 heavy (non-hydrogen) atoms. The Morgan fingerprint density at radius 2 is 2.00 bits per heavy atom. The van der Waals surface area contributed by atoms with E-state index in [4.69, 9.17) is 0 Å². The topological polar surface area (TPSA) is 17.8 Å². The fourth-order valence-electron chi connectivity index (χ4n) is 1.31. The van der Waals surface area contributed by atoms with Crippen molar-refractivity contribution < 1.29 is 13.2 Å². The summed E-state index contributed by atoms with van der Waals surface area (Å²) in [5, 5.41) is 0. The first-order valence-corrected chi connectivity index (χ1v) is 5.14. The lowest BCUT2D eigenvalue weighted by Crippen LogP contribution is -2.05. The van der Waals surface area contributed by atoms with E-state index in [-0.39, 0.29) is 0 Å². The minimum atomic E-state index is -4.33. The molecule has 0 atom stereocenters. The number of aromatic nitrogens is 2. The molecule has 2 nitrogen and oxygen atoms in total. The zero-order valence-corrected chi connectivity index (χ0v) is 9.46. The standard InChI is InChI=1S/C10H6BrF3N2/c11-9-15-4-5-16(9)8-3-1-2-7(6-8)10(12,13)14/h1-6H. The lowest BCUT2D eigenvalue weighted by molar-refractivity contribution is -0.137. The van der Waals surface area contributed by atoms with Gasteiger partial charge in [-0.2, -0.15) is 13.2 Å². The van der Waals surface area contributed by atoms with Crippen molar-refractivity contribution in [2.45, 2.75) is 6.18 Å². The van der Waals surface area contributed by atoms with Crippen molar-refractivity contribution in [2.75, 3.05) is 0 Å². The maximum atomic E-state index is 12.5. The van der Waals surface area contributed by atoms with Gasteiger partial charge in [-0.3, -0.25) is 4.57 Å². The molecule has 1 aromatic heterocycles. The van der Waals surface area contributed by atoms with Crippen molar-refractivity contribution in [3.05, 3.63) is 47.0 Å². The Labute approximate surface area is 97.9 Å². The molecule has 0 spiro atoms. The Hall–Kier alpha value is -1.30. The van der Waals surface area contributed by atoms with Gasteiger partial charge in [0.2, 0.25) is 0 Å². The number of halogens is 4. The van der Waals surface area contributed by atoms with Gasteiger partial charge >= 0.3 is 6.18 Å². The third-order valence-electron chi connectivity index (χ3n) is 2.05. The third-order valence-corrected chi connectivity index (χ3v) is 2.63. The highest BCUT2D eigenvalue weighted by Gasteiger charge is 2.30. The van der Waals surface area contributed by atoms with Crippen LogP contribution in [0.4, 0.5) is 13.2 Å². The molecular formula is C10H6BrF3N2. The smallest absolute Gasteiger partial charge is 0.294 e. The van der Waals surface area contributed by atoms with E-state index in [2.05, 4.69) is 20.9 Å². The van der Waals surface area contributed by atoms with E-state index in [1.165, 1.54) is 16.8 Å². The maximum absolute atomic E-state index is 12.5. The molecule has 0 bridgehead atoms. The second kappa shape index (κ2) is 3.93. The Morgan fingerprint density at radius 3 is 2.56 bits per heavy atom. The summed E-state index contributed by atoms with van der Waals surface area (Å²) in [6.07, 6.45) is -1.24. The fraction of sp³-hybridized carbons (Fsp3) is 0.100. The average Bonchev–Trinajstić information content (AvgIpc) is 2.63. The molecule has 0 amide bonds. The van der Waals surface area contributed by atoms with Crippen molar-refractivity contribution >= 4 is 15.9 Å². The van der Waals surface area contributed by atoms with E-state index in [0.29, 0.717) is 10.4 Å². The highest BCUT2D eigenvalue weighted by Crippen LogP contribution is 2.30. The normalized spacial score (nSPS) is 11.8. The van der Waals surface area contributed by atoms with Gasteiger partial charge < -0.3 is 0 Å². The molecule has 84 valence electrons. The van der Waals surface area contributed by atoms with E-state index in [9.17, 15) is 13.2 Å². The number of imidazole rings is 1. The minimum Gasteiger partial charge on any atom is -0.294 e. The molecule has 0 fully saturated rings. The van der Waals surface area contributed by atoms with Gasteiger partial charge in [-0.05, 0) is 34.1 Å². The Balaban J connectivity index is 2.49. The van der Waals surface area contributed by atoms with Gasteiger partial charge in [-0.1, -0.05) is 6.07 Å². The van der Waals surface area contributed by atoms with Gasteiger partial charge in [0.25, 0.3) is 0 Å². The molecule has 6 heteroatoms. The predicted molar refractivity (Wildman–Crippen MR) is 56.3 cm³/mol. The lowest BCUT2D eigenvalue weighted by atomic mass is 10.2. The molecule has 0 aliphatic heterocycles. The second-order valence-electron chi connectivity index (χ2n) is 3.11. The van der Waals surface area contributed by atoms with Crippen LogP contribution < -0.4 is 0 Å². The first-order chi connectivity index (χ1) is 7.48. The van der Waals surface area contributed by atoms with Crippen LogP contribution in [0.2, 0.25) is 0 Å². The third kappa shape index (κ3) is 2.11. The molecule has 0 N–H and O–H groups in total. The van der Waals surface area contributed by atoms with Crippen LogP contribution in [0.25, 0.3) is 5.69 Å². The average molecular weight is 291 g/mol. The van der Waals surface area contributed by atoms with E-state index in [1.807, 2.05) is 0 Å². The molecular weight excluding hydrogens is 285 g/mol. The van der Waals surface area contributed by atoms with Crippen molar-refractivity contribution in [1.82, 2.24) is 9.55 Å². The Morgan fingerprint density at radius 1 is 1.25 bits per heavy atom. The Bertz CT molecular complexity index is 505. The van der Waals surface area contributed by atoms with Crippen molar-refractivity contribution in [2.24, 2.45) is 0 Å². The van der Waals surface area contributed by atoms with Gasteiger partial charge in [0.05, 0.1) is 5.56 Å². The molecule has 0 radical (unpaired) electrons. The van der Waals surface area contributed by atoms with E-state index >= 15 is 0 Å². The quantitative estimate of drug-likeness (QED) is 0.784. The summed E-state index contributed by atoms with van der Waals surface area (Å²) in [7, 11) is 0. The highest BCUT2D eigenvalue weighted by molar-refractivity contribution is 9.10. The molecule has 1 heterocycles. The number of alkyl halides is 3. The van der Waals surface area contributed by atoms with Crippen LogP contribution in [0.3, 0.4) is 0 Å². The summed E-state index contributed by atoms with van der Waals surface area (Å²) >= 11 is 3.15. The van der Waals surface area contributed by atoms with Crippen molar-refractivity contribution in [3.8, 4) is 5.69 Å². The lowest BCUT2D eigenvalue weighted by Gasteiger charge is -2.09. The monoisotopic (exact) mass is 290 g/mol. The van der Waals surface area contributed by atoms with Gasteiger partial charge in [-0.15, -0.1) is 0 Å². The minimum absolute atomic E-state index is 0.416. The van der Waals surface area contributed by atoms with E-state index < -0.39 is 11.7 Å². The van der Waals surface area contributed by atoms with Crippen LogP contribution in [0, 0.1) is 0 Å². The largest absolute Gasteiger partial charge is 0.416 e. The zero-order valence-electron chi connectivity index (χ0n) is 7.87. The molecule has 0 unspecified atom stereocenters. The van der Waals surface area contributed by atoms with Crippen molar-refractivity contribution in [3.63, 3.8) is 0 Å². The highest BCUT2D eigenvalue weighted by atomic mass is 79.9. The van der Waals surface area contributed by atoms with Crippen LogP contribution in [0.15, 0.2) is 41.4 Å². The summed E-state index contributed by atoms with van der Waals surface area (Å²) in [5.74, 6) is 0. The maximum Gasteiger partial charge on any atom is 0.416 e. The fourth-order valence-corrected chi connectivity index (χ4v) is 1.75. The number of hydrogen-bond acceptors (Lipinski definition) is 1. The molecule has 0 saturated heterocycles. The Kier molecular flexibility index (Phi) is 2.75. The van der Waals surface area contributed by atoms with Crippen LogP contribution >= 0.6 is 15.9 Å². The van der Waals surface area contributed by atoms with Crippen LogP contribution in [0.1, 0.15) is 5.56 Å². The summed E-state index contributed by atoms with van der Waals surface area (Å²) in [4.78, 5) is 3.88.